The average molecular weight is 370 g/mol. The third kappa shape index (κ3) is 1.87. The van der Waals surface area contributed by atoms with E-state index in [0.717, 1.165) is 18.2 Å². The molecule has 0 heterocycles. The summed E-state index contributed by atoms with van der Waals surface area (Å²) in [6.45, 7) is 0. The van der Waals surface area contributed by atoms with Crippen LogP contribution in [0.4, 0.5) is 0 Å². The van der Waals surface area contributed by atoms with Crippen LogP contribution in [-0.2, 0) is 4.79 Å². The van der Waals surface area contributed by atoms with Gasteiger partial charge >= 0.3 is 0 Å². The first-order chi connectivity index (χ1) is 12.6. The zero-order chi connectivity index (χ0) is 19.8. The van der Waals surface area contributed by atoms with Crippen LogP contribution in [0.3, 0.4) is 0 Å². The standard InChI is InChI=1S/C18H10O9/c19-9-3-7-6(13(22)15(9)24)1-5-4(11(7)20)2-8-10(12(5)21)16(25)18(27)17(26)14(8)23/h1-3,19-24,26H. The number of benzene rings is 3. The fraction of sp³-hybridized carbons (Fsp3) is 0. The second-order valence-electron chi connectivity index (χ2n) is 6.01. The van der Waals surface area contributed by atoms with E-state index in [4.69, 9.17) is 0 Å². The topological polar surface area (TPSA) is 176 Å². The Kier molecular flexibility index (Phi) is 2.99. The third-order valence-corrected chi connectivity index (χ3v) is 4.56. The molecule has 9 nitrogen and oxygen atoms in total. The van der Waals surface area contributed by atoms with Crippen LogP contribution in [-0.4, -0.2) is 47.3 Å². The Hall–Kier alpha value is -4.14. The molecule has 3 aromatic rings. The Morgan fingerprint density at radius 1 is 0.519 bits per heavy atom. The number of allylic oxidation sites excluding steroid dienone is 1. The van der Waals surface area contributed by atoms with E-state index in [1.165, 1.54) is 0 Å². The van der Waals surface area contributed by atoms with Crippen molar-refractivity contribution in [3.63, 3.8) is 0 Å². The molecule has 0 fully saturated rings. The molecule has 27 heavy (non-hydrogen) atoms. The number of aliphatic hydroxyl groups is 2. The number of hydrogen-bond donors (Lipinski definition) is 7. The van der Waals surface area contributed by atoms with E-state index in [1.807, 2.05) is 0 Å². The van der Waals surface area contributed by atoms with Gasteiger partial charge in [0.1, 0.15) is 11.5 Å². The zero-order valence-corrected chi connectivity index (χ0v) is 13.2. The van der Waals surface area contributed by atoms with Crippen LogP contribution >= 0.6 is 0 Å². The minimum atomic E-state index is -1.41. The van der Waals surface area contributed by atoms with Crippen LogP contribution in [0, 0.1) is 0 Å². The lowest BCUT2D eigenvalue weighted by atomic mass is 9.87. The summed E-state index contributed by atoms with van der Waals surface area (Å²) < 4.78 is 0. The van der Waals surface area contributed by atoms with E-state index in [-0.39, 0.29) is 27.1 Å². The van der Waals surface area contributed by atoms with Crippen LogP contribution in [0.1, 0.15) is 15.9 Å². The summed E-state index contributed by atoms with van der Waals surface area (Å²) >= 11 is 0. The number of hydrogen-bond acceptors (Lipinski definition) is 9. The van der Waals surface area contributed by atoms with Gasteiger partial charge in [0, 0.05) is 27.1 Å². The summed E-state index contributed by atoms with van der Waals surface area (Å²) in [5.74, 6) is -8.47. The second kappa shape index (κ2) is 4.94. The van der Waals surface area contributed by atoms with Gasteiger partial charge in [-0.15, -0.1) is 0 Å². The number of aliphatic hydroxyl groups excluding tert-OH is 2. The van der Waals surface area contributed by atoms with Crippen molar-refractivity contribution in [3.8, 4) is 28.7 Å². The number of carbonyl (C=O) groups excluding carboxylic acids is 2. The molecule has 0 bridgehead atoms. The van der Waals surface area contributed by atoms with Crippen molar-refractivity contribution in [1.82, 2.24) is 0 Å². The van der Waals surface area contributed by atoms with Crippen LogP contribution < -0.4 is 0 Å². The van der Waals surface area contributed by atoms with E-state index in [1.54, 1.807) is 0 Å². The molecule has 9 heteroatoms. The van der Waals surface area contributed by atoms with Crippen molar-refractivity contribution in [3.05, 3.63) is 35.1 Å². The van der Waals surface area contributed by atoms with Gasteiger partial charge in [0.25, 0.3) is 5.78 Å². The predicted octanol–water partition coefficient (Wildman–Crippen LogP) is 2.07. The van der Waals surface area contributed by atoms with Gasteiger partial charge in [-0.1, -0.05) is 0 Å². The van der Waals surface area contributed by atoms with Gasteiger partial charge in [0.15, 0.2) is 17.3 Å². The summed E-state index contributed by atoms with van der Waals surface area (Å²) in [6, 6.07) is 3.16. The number of phenolic OH excluding ortho intramolecular Hbond substituents is 5. The third-order valence-electron chi connectivity index (χ3n) is 4.56. The van der Waals surface area contributed by atoms with Crippen molar-refractivity contribution in [2.45, 2.75) is 0 Å². The first kappa shape index (κ1) is 16.3. The largest absolute Gasteiger partial charge is 0.507 e. The van der Waals surface area contributed by atoms with Crippen LogP contribution in [0.15, 0.2) is 24.0 Å². The highest BCUT2D eigenvalue weighted by molar-refractivity contribution is 6.52. The highest BCUT2D eigenvalue weighted by Crippen LogP contribution is 2.49. The Bertz CT molecular complexity index is 1270. The molecule has 0 saturated carbocycles. The second-order valence-corrected chi connectivity index (χ2v) is 6.01. The number of aromatic hydroxyl groups is 5. The molecule has 0 unspecified atom stereocenters. The van der Waals surface area contributed by atoms with Crippen LogP contribution in [0.2, 0.25) is 0 Å². The fourth-order valence-electron chi connectivity index (χ4n) is 3.19. The highest BCUT2D eigenvalue weighted by Gasteiger charge is 2.36. The molecule has 1 aliphatic rings. The van der Waals surface area contributed by atoms with E-state index in [0.29, 0.717) is 0 Å². The Balaban J connectivity index is 2.25. The molecule has 0 spiro atoms. The molecule has 136 valence electrons. The molecular formula is C18H10O9. The first-order valence-electron chi connectivity index (χ1n) is 7.46. The molecule has 0 aromatic heterocycles. The maximum absolute atomic E-state index is 12.2. The number of carbonyl (C=O) groups is 2. The summed E-state index contributed by atoms with van der Waals surface area (Å²) in [5.41, 5.74) is -0.951. The van der Waals surface area contributed by atoms with Crippen molar-refractivity contribution < 1.29 is 45.3 Å². The number of fused-ring (bicyclic) bond motifs is 3. The van der Waals surface area contributed by atoms with E-state index in [9.17, 15) is 45.3 Å². The maximum atomic E-state index is 12.2. The van der Waals surface area contributed by atoms with Gasteiger partial charge in [0.2, 0.25) is 17.3 Å². The Morgan fingerprint density at radius 3 is 1.74 bits per heavy atom. The van der Waals surface area contributed by atoms with Crippen molar-refractivity contribution in [1.29, 1.82) is 0 Å². The number of Topliss-reactive ketones (excluding diaryl/α,β-unsaturated/α-hetero) is 2. The van der Waals surface area contributed by atoms with E-state index < -0.39 is 57.4 Å². The predicted molar refractivity (Wildman–Crippen MR) is 91.3 cm³/mol. The smallest absolute Gasteiger partial charge is 0.271 e. The first-order valence-corrected chi connectivity index (χ1v) is 7.46. The van der Waals surface area contributed by atoms with Crippen molar-refractivity contribution in [2.24, 2.45) is 0 Å². The molecule has 4 rings (SSSR count). The molecular weight excluding hydrogens is 360 g/mol. The number of ketones is 2. The van der Waals surface area contributed by atoms with E-state index in [2.05, 4.69) is 0 Å². The van der Waals surface area contributed by atoms with Crippen LogP contribution in [0.25, 0.3) is 27.3 Å². The SMILES string of the molecule is O=C1C(=O)c2c(cc3c(O)c4cc(O)c(O)c(O)c4cc3c2O)C(O)=C1O. The zero-order valence-electron chi connectivity index (χ0n) is 13.2. The molecule has 0 radical (unpaired) electrons. The lowest BCUT2D eigenvalue weighted by molar-refractivity contribution is -0.114. The molecule has 0 aliphatic heterocycles. The van der Waals surface area contributed by atoms with Crippen molar-refractivity contribution >= 4 is 38.9 Å². The summed E-state index contributed by atoms with van der Waals surface area (Å²) in [6.07, 6.45) is 0. The highest BCUT2D eigenvalue weighted by atomic mass is 16.3. The van der Waals surface area contributed by atoms with Gasteiger partial charge in [-0.05, 0) is 18.2 Å². The van der Waals surface area contributed by atoms with Crippen LogP contribution in [0.5, 0.6) is 28.7 Å². The monoisotopic (exact) mass is 370 g/mol. The maximum Gasteiger partial charge on any atom is 0.271 e. The summed E-state index contributed by atoms with van der Waals surface area (Å²) in [4.78, 5) is 23.9. The molecule has 0 saturated heterocycles. The minimum absolute atomic E-state index is 0.0967. The molecule has 7 N–H and O–H groups in total. The van der Waals surface area contributed by atoms with Gasteiger partial charge in [-0.25, -0.2) is 0 Å². The van der Waals surface area contributed by atoms with Gasteiger partial charge in [0.05, 0.1) is 5.56 Å². The molecule has 1 aliphatic carbocycles. The van der Waals surface area contributed by atoms with Crippen molar-refractivity contribution in [2.75, 3.05) is 0 Å². The average Bonchev–Trinajstić information content (AvgIpc) is 2.64. The minimum Gasteiger partial charge on any atom is -0.507 e. The Labute approximate surface area is 148 Å². The number of rotatable bonds is 0. The Morgan fingerprint density at radius 2 is 1.07 bits per heavy atom. The lowest BCUT2D eigenvalue weighted by Crippen LogP contribution is -2.24. The van der Waals surface area contributed by atoms with Gasteiger partial charge < -0.3 is 35.7 Å². The normalized spacial score (nSPS) is 14.2. The fourth-order valence-corrected chi connectivity index (χ4v) is 3.19. The van der Waals surface area contributed by atoms with E-state index >= 15 is 0 Å². The molecule has 0 atom stereocenters. The lowest BCUT2D eigenvalue weighted by Gasteiger charge is -2.18. The number of phenols is 5. The molecule has 0 amide bonds. The quantitative estimate of drug-likeness (QED) is 0.177. The summed E-state index contributed by atoms with van der Waals surface area (Å²) in [5, 5.41) is 69.4. The van der Waals surface area contributed by atoms with Gasteiger partial charge in [-0.2, -0.15) is 0 Å². The molecule has 3 aromatic carbocycles. The summed E-state index contributed by atoms with van der Waals surface area (Å²) in [7, 11) is 0. The van der Waals surface area contributed by atoms with Gasteiger partial charge in [-0.3, -0.25) is 9.59 Å².